The lowest BCUT2D eigenvalue weighted by Crippen LogP contribution is -2.26. The van der Waals surface area contributed by atoms with E-state index in [2.05, 4.69) is 16.9 Å². The average molecular weight is 271 g/mol. The van der Waals surface area contributed by atoms with Gasteiger partial charge >= 0.3 is 5.69 Å². The topological polar surface area (TPSA) is 72.2 Å². The number of nitrogens with zero attached hydrogens (tertiary/aromatic N) is 4. The molecule has 1 aliphatic heterocycles. The smallest absolute Gasteiger partial charge is 0.348 e. The molecule has 0 radical (unpaired) electrons. The second-order valence-electron chi connectivity index (χ2n) is 4.62. The largest absolute Gasteiger partial charge is 0.351 e. The Morgan fingerprint density at radius 2 is 2.22 bits per heavy atom. The fourth-order valence-electron chi connectivity index (χ4n) is 2.21. The molecule has 0 bridgehead atoms. The molecule has 1 atom stereocenters. The van der Waals surface area contributed by atoms with Gasteiger partial charge in [0.05, 0.1) is 4.92 Å². The van der Waals surface area contributed by atoms with Crippen LogP contribution in [0.3, 0.4) is 0 Å². The van der Waals surface area contributed by atoms with Crippen LogP contribution in [0.4, 0.5) is 11.5 Å². The summed E-state index contributed by atoms with van der Waals surface area (Å²) in [6.07, 6.45) is 4.45. The van der Waals surface area contributed by atoms with Crippen LogP contribution < -0.4 is 4.90 Å². The first kappa shape index (κ1) is 13.0. The third kappa shape index (κ3) is 2.69. The molecule has 0 N–H and O–H groups in total. The molecule has 7 heteroatoms. The van der Waals surface area contributed by atoms with Crippen molar-refractivity contribution in [2.45, 2.75) is 26.2 Å². The van der Waals surface area contributed by atoms with Crippen molar-refractivity contribution in [3.05, 3.63) is 21.6 Å². The second-order valence-corrected chi connectivity index (χ2v) is 4.97. The van der Waals surface area contributed by atoms with Gasteiger partial charge in [0.1, 0.15) is 6.33 Å². The highest BCUT2D eigenvalue weighted by Gasteiger charge is 2.27. The van der Waals surface area contributed by atoms with Crippen LogP contribution in [0.5, 0.6) is 0 Å². The van der Waals surface area contributed by atoms with Gasteiger partial charge in [-0.1, -0.05) is 18.5 Å². The first-order chi connectivity index (χ1) is 8.59. The molecule has 2 heterocycles. The molecule has 1 aliphatic rings. The van der Waals surface area contributed by atoms with Gasteiger partial charge in [0.2, 0.25) is 11.0 Å². The minimum atomic E-state index is -0.508. The molecule has 1 aromatic rings. The maximum atomic E-state index is 11.0. The minimum absolute atomic E-state index is 0.0951. The molecule has 0 saturated carbocycles. The van der Waals surface area contributed by atoms with E-state index in [1.54, 1.807) is 0 Å². The fraction of sp³-hybridized carbons (Fsp3) is 0.636. The van der Waals surface area contributed by atoms with Crippen LogP contribution in [0.2, 0.25) is 5.15 Å². The Hall–Kier alpha value is -1.43. The third-order valence-electron chi connectivity index (χ3n) is 3.26. The summed E-state index contributed by atoms with van der Waals surface area (Å²) in [5, 5.41) is 11.0. The highest BCUT2D eigenvalue weighted by Crippen LogP contribution is 2.32. The molecule has 1 saturated heterocycles. The van der Waals surface area contributed by atoms with Crippen molar-refractivity contribution in [3.63, 3.8) is 0 Å². The van der Waals surface area contributed by atoms with E-state index in [4.69, 9.17) is 11.6 Å². The van der Waals surface area contributed by atoms with Crippen LogP contribution in [0.15, 0.2) is 6.33 Å². The summed E-state index contributed by atoms with van der Waals surface area (Å²) in [6.45, 7) is 3.75. The van der Waals surface area contributed by atoms with Crippen molar-refractivity contribution in [2.24, 2.45) is 5.92 Å². The van der Waals surface area contributed by atoms with Crippen molar-refractivity contribution in [1.29, 1.82) is 0 Å². The monoisotopic (exact) mass is 270 g/mol. The van der Waals surface area contributed by atoms with E-state index in [1.807, 2.05) is 4.90 Å². The molecular weight excluding hydrogens is 256 g/mol. The highest BCUT2D eigenvalue weighted by molar-refractivity contribution is 6.31. The zero-order valence-electron chi connectivity index (χ0n) is 10.2. The van der Waals surface area contributed by atoms with E-state index in [-0.39, 0.29) is 10.8 Å². The van der Waals surface area contributed by atoms with Crippen molar-refractivity contribution >= 4 is 23.1 Å². The molecule has 2 rings (SSSR count). The number of rotatable bonds is 2. The Balaban J connectivity index is 2.32. The van der Waals surface area contributed by atoms with Crippen LogP contribution in [-0.2, 0) is 0 Å². The van der Waals surface area contributed by atoms with Crippen LogP contribution >= 0.6 is 11.6 Å². The van der Waals surface area contributed by atoms with E-state index in [0.29, 0.717) is 11.7 Å². The first-order valence-corrected chi connectivity index (χ1v) is 6.37. The Morgan fingerprint density at radius 3 is 2.94 bits per heavy atom. The van der Waals surface area contributed by atoms with Crippen molar-refractivity contribution in [1.82, 2.24) is 9.97 Å². The van der Waals surface area contributed by atoms with Crippen LogP contribution in [0.1, 0.15) is 26.2 Å². The number of anilines is 1. The quantitative estimate of drug-likeness (QED) is 0.469. The summed E-state index contributed by atoms with van der Waals surface area (Å²) in [5.74, 6) is 0.987. The number of aromatic nitrogens is 2. The maximum absolute atomic E-state index is 11.0. The maximum Gasteiger partial charge on any atom is 0.348 e. The van der Waals surface area contributed by atoms with Crippen LogP contribution in [0, 0.1) is 16.0 Å². The first-order valence-electron chi connectivity index (χ1n) is 5.99. The van der Waals surface area contributed by atoms with E-state index in [1.165, 1.54) is 6.33 Å². The third-order valence-corrected chi connectivity index (χ3v) is 3.53. The lowest BCUT2D eigenvalue weighted by Gasteiger charge is -2.20. The molecule has 0 aliphatic carbocycles. The zero-order valence-corrected chi connectivity index (χ0v) is 10.9. The van der Waals surface area contributed by atoms with Gasteiger partial charge < -0.3 is 4.90 Å². The predicted octanol–water partition coefficient (Wildman–Crippen LogP) is 2.66. The minimum Gasteiger partial charge on any atom is -0.351 e. The summed E-state index contributed by atoms with van der Waals surface area (Å²) in [6, 6.07) is 0. The van der Waals surface area contributed by atoms with E-state index >= 15 is 0 Å². The lowest BCUT2D eigenvalue weighted by molar-refractivity contribution is -0.384. The zero-order chi connectivity index (χ0) is 13.1. The fourth-order valence-corrected chi connectivity index (χ4v) is 2.41. The van der Waals surface area contributed by atoms with Gasteiger partial charge in [0.25, 0.3) is 0 Å². The average Bonchev–Trinajstić information content (AvgIpc) is 2.53. The normalized spacial score (nSPS) is 20.6. The summed E-state index contributed by atoms with van der Waals surface area (Å²) in [4.78, 5) is 20.2. The molecule has 0 amide bonds. The van der Waals surface area contributed by atoms with Crippen molar-refractivity contribution < 1.29 is 4.92 Å². The number of halogens is 1. The van der Waals surface area contributed by atoms with Gasteiger partial charge in [-0.05, 0) is 25.2 Å². The molecule has 18 heavy (non-hydrogen) atoms. The molecular formula is C11H15ClN4O2. The van der Waals surface area contributed by atoms with E-state index < -0.39 is 4.92 Å². The van der Waals surface area contributed by atoms with Gasteiger partial charge in [-0.3, -0.25) is 10.1 Å². The molecule has 6 nitrogen and oxygen atoms in total. The van der Waals surface area contributed by atoms with Gasteiger partial charge in [-0.25, -0.2) is 9.97 Å². The van der Waals surface area contributed by atoms with E-state index in [9.17, 15) is 10.1 Å². The second kappa shape index (κ2) is 5.48. The number of hydrogen-bond acceptors (Lipinski definition) is 5. The van der Waals surface area contributed by atoms with Gasteiger partial charge in [-0.15, -0.1) is 0 Å². The predicted molar refractivity (Wildman–Crippen MR) is 68.9 cm³/mol. The number of hydrogen-bond donors (Lipinski definition) is 0. The SMILES string of the molecule is CC1CCCN(c2ncnc(Cl)c2[N+](=O)[O-])CC1. The molecule has 98 valence electrons. The van der Waals surface area contributed by atoms with Gasteiger partial charge in [-0.2, -0.15) is 0 Å². The number of nitro groups is 1. The Kier molecular flexibility index (Phi) is 3.96. The van der Waals surface area contributed by atoms with E-state index in [0.717, 1.165) is 32.4 Å². The van der Waals surface area contributed by atoms with Crippen LogP contribution in [0.25, 0.3) is 0 Å². The Bertz CT molecular complexity index is 455. The molecule has 1 unspecified atom stereocenters. The van der Waals surface area contributed by atoms with Gasteiger partial charge in [0, 0.05) is 13.1 Å². The molecule has 0 aromatic carbocycles. The Morgan fingerprint density at radius 1 is 1.44 bits per heavy atom. The summed E-state index contributed by atoms with van der Waals surface area (Å²) < 4.78 is 0. The van der Waals surface area contributed by atoms with Crippen LogP contribution in [-0.4, -0.2) is 28.0 Å². The molecule has 0 spiro atoms. The molecule has 1 fully saturated rings. The van der Waals surface area contributed by atoms with Crippen molar-refractivity contribution in [3.8, 4) is 0 Å². The summed E-state index contributed by atoms with van der Waals surface area (Å²) in [7, 11) is 0. The van der Waals surface area contributed by atoms with Crippen molar-refractivity contribution in [2.75, 3.05) is 18.0 Å². The summed E-state index contributed by atoms with van der Waals surface area (Å²) >= 11 is 5.79. The van der Waals surface area contributed by atoms with Gasteiger partial charge in [0.15, 0.2) is 0 Å². The molecule has 1 aromatic heterocycles. The standard InChI is InChI=1S/C11H15ClN4O2/c1-8-3-2-5-15(6-4-8)11-9(16(17)18)10(12)13-7-14-11/h7-8H,2-6H2,1H3. The summed E-state index contributed by atoms with van der Waals surface area (Å²) in [5.41, 5.74) is -0.186. The highest BCUT2D eigenvalue weighted by atomic mass is 35.5. The lowest BCUT2D eigenvalue weighted by atomic mass is 10.0. The Labute approximate surface area is 110 Å².